The number of carbonyl (C=O) groups is 3. The molecular weight excluding hydrogens is 704 g/mol. The molecule has 3 aliphatic heterocycles. The third-order valence-corrected chi connectivity index (χ3v) is 10.3. The predicted molar refractivity (Wildman–Crippen MR) is 198 cm³/mol. The summed E-state index contributed by atoms with van der Waals surface area (Å²) in [7, 11) is 2.66. The minimum Gasteiger partial charge on any atom is -0.507 e. The number of Topliss-reactive ketones (excluding diaryl/α,β-unsaturated/α-hetero) is 1. The summed E-state index contributed by atoms with van der Waals surface area (Å²) in [6.45, 7) is 12.4. The van der Waals surface area contributed by atoms with E-state index in [2.05, 4.69) is 10.5 Å². The Kier molecular flexibility index (Phi) is 12.7. The normalized spacial score (nSPS) is 31.7. The summed E-state index contributed by atoms with van der Waals surface area (Å²) in [5, 5.41) is 63.0. The molecule has 0 saturated carbocycles. The molecule has 15 nitrogen and oxygen atoms in total. The first-order valence-corrected chi connectivity index (χ1v) is 17.5. The summed E-state index contributed by atoms with van der Waals surface area (Å²) in [6, 6.07) is 0. The number of rotatable bonds is 4. The van der Waals surface area contributed by atoms with Crippen molar-refractivity contribution in [1.82, 2.24) is 0 Å². The van der Waals surface area contributed by atoms with Crippen LogP contribution in [0.4, 0.5) is 5.69 Å². The van der Waals surface area contributed by atoms with E-state index in [0.29, 0.717) is 0 Å². The van der Waals surface area contributed by atoms with Crippen LogP contribution in [0.1, 0.15) is 70.0 Å². The Morgan fingerprint density at radius 2 is 1.61 bits per heavy atom. The molecule has 0 spiro atoms. The first-order chi connectivity index (χ1) is 25.3. The van der Waals surface area contributed by atoms with Crippen LogP contribution in [0.25, 0.3) is 10.8 Å². The van der Waals surface area contributed by atoms with Crippen molar-refractivity contribution in [1.29, 1.82) is 0 Å². The fourth-order valence-electron chi connectivity index (χ4n) is 6.98. The van der Waals surface area contributed by atoms with Crippen LogP contribution in [-0.4, -0.2) is 93.8 Å². The number of oxime groups is 1. The number of ketones is 1. The van der Waals surface area contributed by atoms with E-state index >= 15 is 0 Å². The number of anilines is 1. The molecule has 3 heterocycles. The van der Waals surface area contributed by atoms with Gasteiger partial charge in [0.05, 0.1) is 53.0 Å². The van der Waals surface area contributed by atoms with Gasteiger partial charge >= 0.3 is 11.8 Å². The van der Waals surface area contributed by atoms with Crippen LogP contribution < -0.4 is 10.1 Å². The van der Waals surface area contributed by atoms with Crippen LogP contribution in [0.3, 0.4) is 0 Å². The highest BCUT2D eigenvalue weighted by molar-refractivity contribution is 6.23. The number of nitrogens with zero attached hydrogens (tertiary/aromatic N) is 1. The van der Waals surface area contributed by atoms with Crippen molar-refractivity contribution < 1.29 is 63.7 Å². The van der Waals surface area contributed by atoms with E-state index in [-0.39, 0.29) is 44.5 Å². The smallest absolute Gasteiger partial charge is 0.312 e. The van der Waals surface area contributed by atoms with Gasteiger partial charge in [0.1, 0.15) is 30.5 Å². The van der Waals surface area contributed by atoms with Crippen LogP contribution in [0.5, 0.6) is 23.0 Å². The van der Waals surface area contributed by atoms with E-state index in [0.717, 1.165) is 6.21 Å². The third-order valence-electron chi connectivity index (χ3n) is 10.3. The average molecular weight is 755 g/mol. The number of esters is 1. The largest absolute Gasteiger partial charge is 0.507 e. The summed E-state index contributed by atoms with van der Waals surface area (Å²) >= 11 is 0. The van der Waals surface area contributed by atoms with E-state index in [4.69, 9.17) is 23.8 Å². The van der Waals surface area contributed by atoms with E-state index in [1.54, 1.807) is 39.8 Å². The van der Waals surface area contributed by atoms with Crippen LogP contribution in [0.15, 0.2) is 41.3 Å². The van der Waals surface area contributed by atoms with Crippen molar-refractivity contribution in [3.05, 3.63) is 52.8 Å². The summed E-state index contributed by atoms with van der Waals surface area (Å²) in [5.41, 5.74) is -0.636. The standard InChI is InChI=1S/C39H50N2O13/c1-17-12-11-13-18(2)38(49)41-29-24(16-40-51-10)33(46)26-27(34(29)47)32(45)22(6)36-28(26)37(48)39(8,54-36)52-15-14-25(50-9)19(3)35(53-23(7)42)21(5)31(44)20(4)30(17)43/h11-17,19-21,25,30-31,35,43-47H,1-10H3,(H,41,49)/b12-11-,15-14-,18-13-,40-16+/t17-,19+,20+,21+,25-,30-,31+,35+,39-/m0/s1. The minimum absolute atomic E-state index is 0.0323. The Labute approximate surface area is 313 Å². The predicted octanol–water partition coefficient (Wildman–Crippen LogP) is 4.73. The van der Waals surface area contributed by atoms with Crippen molar-refractivity contribution in [3.63, 3.8) is 0 Å². The Morgan fingerprint density at radius 1 is 0.944 bits per heavy atom. The van der Waals surface area contributed by atoms with Crippen molar-refractivity contribution in [3.8, 4) is 23.0 Å². The summed E-state index contributed by atoms with van der Waals surface area (Å²) in [5.74, 6) is -8.63. The molecule has 5 bridgehead atoms. The summed E-state index contributed by atoms with van der Waals surface area (Å²) in [6.07, 6.45) is 4.44. The number of nitrogens with one attached hydrogen (secondary N) is 1. The van der Waals surface area contributed by atoms with E-state index in [9.17, 15) is 39.9 Å². The molecule has 0 aromatic heterocycles. The molecule has 0 fully saturated rings. The number of aromatic hydroxyl groups is 3. The van der Waals surface area contributed by atoms with Crippen molar-refractivity contribution >= 4 is 40.3 Å². The van der Waals surface area contributed by atoms with Gasteiger partial charge in [-0.2, -0.15) is 0 Å². The van der Waals surface area contributed by atoms with Gasteiger partial charge < -0.3 is 54.6 Å². The number of amides is 1. The maximum Gasteiger partial charge on any atom is 0.312 e. The monoisotopic (exact) mass is 754 g/mol. The van der Waals surface area contributed by atoms with Crippen LogP contribution >= 0.6 is 0 Å². The van der Waals surface area contributed by atoms with Crippen LogP contribution in [0.2, 0.25) is 0 Å². The summed E-state index contributed by atoms with van der Waals surface area (Å²) < 4.78 is 23.3. The molecule has 2 aromatic carbocycles. The number of hydrogen-bond acceptors (Lipinski definition) is 14. The molecule has 54 heavy (non-hydrogen) atoms. The second-order valence-corrected chi connectivity index (χ2v) is 14.0. The molecule has 294 valence electrons. The minimum atomic E-state index is -2.05. The Hall–Kier alpha value is -5.12. The van der Waals surface area contributed by atoms with Crippen LogP contribution in [-0.2, 0) is 28.6 Å². The molecule has 6 N–H and O–H groups in total. The molecule has 3 aliphatic rings. The molecule has 0 aliphatic carbocycles. The van der Waals surface area contributed by atoms with Crippen molar-refractivity contribution in [2.45, 2.75) is 85.6 Å². The number of allylic oxidation sites excluding steroid dienone is 2. The number of phenols is 3. The fraction of sp³-hybridized carbons (Fsp3) is 0.487. The SMILES string of the molecule is CO/N=C/c1c2c(O)c3c(O)c(C)c4c(c3c1O)C(=O)[C@@](C)(O/C=C\[C@H](OC)[C@@H](C)[C@@H](OC(C)=O)[C@H](C)[C@H](O)[C@H](C)[C@@H](O)[C@@H](C)/C=C\C=C(\C)C(=O)N2)O4. The molecule has 0 saturated heterocycles. The van der Waals surface area contributed by atoms with E-state index in [1.807, 2.05) is 0 Å². The van der Waals surface area contributed by atoms with Crippen molar-refractivity contribution in [2.75, 3.05) is 19.5 Å². The Morgan fingerprint density at radius 3 is 2.22 bits per heavy atom. The zero-order valence-corrected chi connectivity index (χ0v) is 32.0. The van der Waals surface area contributed by atoms with Gasteiger partial charge in [-0.3, -0.25) is 14.4 Å². The van der Waals surface area contributed by atoms with Crippen LogP contribution in [0, 0.1) is 30.6 Å². The second-order valence-electron chi connectivity index (χ2n) is 14.0. The number of hydrogen-bond donors (Lipinski definition) is 6. The first kappa shape index (κ1) is 41.6. The number of carbonyl (C=O) groups excluding carboxylic acids is 3. The lowest BCUT2D eigenvalue weighted by molar-refractivity contribution is -0.160. The average Bonchev–Trinajstić information content (AvgIpc) is 3.39. The number of methoxy groups -OCH3 is 1. The first-order valence-electron chi connectivity index (χ1n) is 17.5. The number of aliphatic hydroxyl groups excluding tert-OH is 2. The quantitative estimate of drug-likeness (QED) is 0.0818. The van der Waals surface area contributed by atoms with Gasteiger partial charge in [-0.05, 0) is 19.9 Å². The maximum atomic E-state index is 14.2. The second kappa shape index (κ2) is 16.5. The van der Waals surface area contributed by atoms with Gasteiger partial charge in [0.15, 0.2) is 5.75 Å². The molecular formula is C39H50N2O13. The fourth-order valence-corrected chi connectivity index (χ4v) is 6.98. The molecule has 15 heteroatoms. The molecule has 0 radical (unpaired) electrons. The van der Waals surface area contributed by atoms with Gasteiger partial charge in [0.2, 0.25) is 0 Å². The lowest BCUT2D eigenvalue weighted by atomic mass is 9.78. The van der Waals surface area contributed by atoms with E-state index < -0.39 is 88.8 Å². The van der Waals surface area contributed by atoms with E-state index in [1.165, 1.54) is 60.3 Å². The topological polar surface area (TPSA) is 223 Å². The Bertz CT molecular complexity index is 1920. The van der Waals surface area contributed by atoms with Gasteiger partial charge in [0, 0.05) is 61.2 Å². The molecule has 0 unspecified atom stereocenters. The lowest BCUT2D eigenvalue weighted by Crippen LogP contribution is -2.46. The molecule has 5 rings (SSSR count). The van der Waals surface area contributed by atoms with Gasteiger partial charge in [-0.25, -0.2) is 0 Å². The van der Waals surface area contributed by atoms with Crippen molar-refractivity contribution in [2.24, 2.45) is 28.8 Å². The third kappa shape index (κ3) is 7.74. The zero-order chi connectivity index (χ0) is 40.4. The highest BCUT2D eigenvalue weighted by Gasteiger charge is 2.50. The molecule has 1 amide bonds. The summed E-state index contributed by atoms with van der Waals surface area (Å²) in [4.78, 5) is 44.7. The maximum absolute atomic E-state index is 14.2. The van der Waals surface area contributed by atoms with Gasteiger partial charge in [-0.1, -0.05) is 51.1 Å². The van der Waals surface area contributed by atoms with Gasteiger partial charge in [0.25, 0.3) is 11.7 Å². The number of benzene rings is 2. The Balaban J connectivity index is 1.96. The molecule has 2 aromatic rings. The molecule has 9 atom stereocenters. The number of aliphatic hydroxyl groups is 2. The lowest BCUT2D eigenvalue weighted by Gasteiger charge is -2.38. The number of fused-ring (bicyclic) bond motifs is 14. The zero-order valence-electron chi connectivity index (χ0n) is 32.0. The number of phenolic OH excluding ortho intramolecular Hbond substituents is 3. The highest BCUT2D eigenvalue weighted by Crippen LogP contribution is 2.55. The van der Waals surface area contributed by atoms with Gasteiger partial charge in [-0.15, -0.1) is 0 Å². The number of ether oxygens (including phenoxy) is 4. The highest BCUT2D eigenvalue weighted by atomic mass is 16.7.